The molecule has 0 bridgehead atoms. The van der Waals surface area contributed by atoms with Crippen molar-refractivity contribution in [3.63, 3.8) is 0 Å². The molecule has 33 heavy (non-hydrogen) atoms. The summed E-state index contributed by atoms with van der Waals surface area (Å²) in [7, 11) is -14.0. The van der Waals surface area contributed by atoms with Gasteiger partial charge in [-0.05, 0) is 0 Å². The third-order valence-corrected chi connectivity index (χ3v) is 0. The molecule has 0 aromatic carbocycles. The van der Waals surface area contributed by atoms with Gasteiger partial charge in [0.2, 0.25) is 0 Å². The first-order valence-electron chi connectivity index (χ1n) is 4.56. The van der Waals surface area contributed by atoms with E-state index in [0.717, 1.165) is 0 Å². The van der Waals surface area contributed by atoms with Crippen LogP contribution in [0.4, 0.5) is 0 Å². The van der Waals surface area contributed by atoms with Gasteiger partial charge in [-0.3, -0.25) is 7.32 Å². The Balaban J connectivity index is -0.00000000859. The first-order chi connectivity index (χ1) is 10.4. The van der Waals surface area contributed by atoms with E-state index in [1.165, 1.54) is 0 Å². The van der Waals surface area contributed by atoms with Crippen LogP contribution in [-0.4, -0.2) is 153 Å². The molecule has 0 heterocycles. The molecule has 0 unspecified atom stereocenters. The van der Waals surface area contributed by atoms with Crippen molar-refractivity contribution in [3.05, 3.63) is 0 Å². The van der Waals surface area contributed by atoms with E-state index >= 15 is 0 Å². The van der Waals surface area contributed by atoms with Crippen LogP contribution < -0.4 is 20.1 Å². The van der Waals surface area contributed by atoms with Crippen molar-refractivity contribution in [3.8, 4) is 0 Å². The molecule has 0 saturated heterocycles. The monoisotopic (exact) mass is 622 g/mol. The van der Waals surface area contributed by atoms with Crippen LogP contribution in [0.5, 0.6) is 0 Å². The second-order valence-electron chi connectivity index (χ2n) is 2.00. The third kappa shape index (κ3) is 75600. The minimum atomic E-state index is -2.92. The topological polar surface area (TPSA) is 596 Å². The fourth-order valence-corrected chi connectivity index (χ4v) is 0. The van der Waals surface area contributed by atoms with Gasteiger partial charge in [-0.25, -0.2) is 0 Å². The summed E-state index contributed by atoms with van der Waals surface area (Å²) >= 11 is 0. The molecule has 0 aliphatic carbocycles. The molecule has 0 rings (SSSR count). The van der Waals surface area contributed by atoms with E-state index < -0.39 is 43.9 Å². The van der Waals surface area contributed by atoms with Crippen molar-refractivity contribution in [1.29, 1.82) is 0 Å². The van der Waals surface area contributed by atoms with Gasteiger partial charge in [-0.1, -0.05) is 0 Å². The van der Waals surface area contributed by atoms with Crippen molar-refractivity contribution in [2.24, 2.45) is 0 Å². The van der Waals surface area contributed by atoms with E-state index in [4.69, 9.17) is 90.4 Å². The summed E-state index contributed by atoms with van der Waals surface area (Å²) in [6.45, 7) is 0. The van der Waals surface area contributed by atoms with Crippen LogP contribution in [0.3, 0.4) is 0 Å². The van der Waals surface area contributed by atoms with E-state index in [9.17, 15) is 0 Å². The first-order valence-corrected chi connectivity index (χ1v) is 4.56. The fraction of sp³-hybridized carbons (Fsp3) is 0. The Hall–Kier alpha value is 0.636. The average molecular weight is 624 g/mol. The maximum atomic E-state index is 8.64. The fourth-order valence-electron chi connectivity index (χ4n) is 0. The summed E-state index contributed by atoms with van der Waals surface area (Å²) in [5.74, 6) is 0. The van der Waals surface area contributed by atoms with Gasteiger partial charge in [0.1, 0.15) is 0 Å². The third-order valence-electron chi connectivity index (χ3n) is 0. The molecule has 0 spiro atoms. The van der Waals surface area contributed by atoms with Crippen molar-refractivity contribution in [2.75, 3.05) is 0 Å². The van der Waals surface area contributed by atoms with Crippen LogP contribution in [0.15, 0.2) is 0 Å². The largest absolute Gasteiger partial charge is 2.00 e. The van der Waals surface area contributed by atoms with E-state index in [2.05, 4.69) is 0 Å². The van der Waals surface area contributed by atoms with Crippen LogP contribution in [0.25, 0.3) is 0 Å². The van der Waals surface area contributed by atoms with Gasteiger partial charge < -0.3 is 129 Å². The zero-order valence-corrected chi connectivity index (χ0v) is 22.2. The minimum Gasteiger partial charge on any atom is -0.907 e. The smallest absolute Gasteiger partial charge is 0.907 e. The molecular weight excluding hydrogens is 596 g/mol. The number of hydrogen-bond acceptors (Lipinski definition) is 18. The van der Waals surface area contributed by atoms with Crippen molar-refractivity contribution in [1.82, 2.24) is 0 Å². The second-order valence-corrected chi connectivity index (χ2v) is 2.00. The standard InChI is InChI=1S/4BH3O3.BH2O3.BO3.7H2O.2Zn/c6*2-1(3)4;;;;;;;;;/h4*2-4H;2-3H;;7*1H2;;/q;;;;-1;-3;;;;;;;;2*+2. The van der Waals surface area contributed by atoms with Gasteiger partial charge in [-0.15, -0.1) is 0 Å². The second kappa shape index (κ2) is 94.0. The molecule has 0 amide bonds. The van der Waals surface area contributed by atoms with E-state index in [1.807, 2.05) is 0 Å². The summed E-state index contributed by atoms with van der Waals surface area (Å²) in [4.78, 5) is 0. The van der Waals surface area contributed by atoms with Crippen LogP contribution in [0.2, 0.25) is 0 Å². The molecule has 33 heteroatoms. The summed E-state index contributed by atoms with van der Waals surface area (Å²) < 4.78 is 0. The predicted molar refractivity (Wildman–Crippen MR) is 90.9 cm³/mol. The molecule has 0 aliphatic heterocycles. The molecule has 0 fully saturated rings. The van der Waals surface area contributed by atoms with Gasteiger partial charge in [0.15, 0.2) is 0 Å². The predicted octanol–water partition coefficient (Wildman–Crippen LogP) is -20.6. The summed E-state index contributed by atoms with van der Waals surface area (Å²) in [6, 6.07) is 0. The van der Waals surface area contributed by atoms with E-state index in [-0.39, 0.29) is 77.3 Å². The van der Waals surface area contributed by atoms with Gasteiger partial charge in [0.25, 0.3) is 0 Å². The Bertz CT molecular complexity index is 108. The van der Waals surface area contributed by atoms with Crippen LogP contribution in [0.1, 0.15) is 0 Å². The van der Waals surface area contributed by atoms with Crippen LogP contribution in [-0.2, 0) is 39.0 Å². The molecule has 0 aromatic heterocycles. The van der Waals surface area contributed by atoms with Crippen molar-refractivity contribution >= 4 is 43.9 Å². The number of hydrogen-bond donors (Lipinski definition) is 14. The normalized spacial score (nSPS) is 4.91. The van der Waals surface area contributed by atoms with Gasteiger partial charge in [-0.2, -0.15) is 0 Å². The molecule has 0 saturated carbocycles. The quantitative estimate of drug-likeness (QED) is 0.111. The molecule has 0 radical (unpaired) electrons. The van der Waals surface area contributed by atoms with Crippen molar-refractivity contribution < 1.29 is 168 Å². The zero-order valence-electron chi connectivity index (χ0n) is 16.3. The molecular formula is H28B6O25Zn2. The van der Waals surface area contributed by atoms with E-state index in [0.29, 0.717) is 0 Å². The first kappa shape index (κ1) is 103. The average Bonchev–Trinajstić information content (AvgIpc) is 2.08. The maximum Gasteiger partial charge on any atom is 2.00 e. The minimum absolute atomic E-state index is 0. The molecule has 0 atom stereocenters. The Morgan fingerprint density at radius 3 is 0.303 bits per heavy atom. The molecule has 28 N–H and O–H groups in total. The van der Waals surface area contributed by atoms with Gasteiger partial charge in [0.05, 0.1) is 0 Å². The molecule has 0 aromatic rings. The molecule has 200 valence electrons. The van der Waals surface area contributed by atoms with E-state index in [1.54, 1.807) is 0 Å². The Morgan fingerprint density at radius 1 is 0.303 bits per heavy atom. The SMILES string of the molecule is O.O.O.O.O.O.O.OB(O)O.OB(O)O.OB(O)O.OB(O)O.[O-]B(O)O.[O-]B([O-])[O-].[Zn+2].[Zn+2]. The number of rotatable bonds is 0. The van der Waals surface area contributed by atoms with Crippen LogP contribution in [0, 0.1) is 0 Å². The van der Waals surface area contributed by atoms with Gasteiger partial charge in [0, 0.05) is 0 Å². The van der Waals surface area contributed by atoms with Crippen molar-refractivity contribution in [2.45, 2.75) is 0 Å². The zero-order chi connectivity index (χ0) is 21.5. The molecule has 25 nitrogen and oxygen atoms in total. The Kier molecular flexibility index (Phi) is 294. The Morgan fingerprint density at radius 2 is 0.303 bits per heavy atom. The van der Waals surface area contributed by atoms with Gasteiger partial charge >= 0.3 is 75.6 Å². The summed E-state index contributed by atoms with van der Waals surface area (Å²) in [6.07, 6.45) is 0. The maximum absolute atomic E-state index is 8.64. The van der Waals surface area contributed by atoms with Crippen LogP contribution >= 0.6 is 0 Å². The molecule has 0 aliphatic rings. The summed E-state index contributed by atoms with van der Waals surface area (Å²) in [5.41, 5.74) is 0. The Labute approximate surface area is 211 Å². The summed E-state index contributed by atoms with van der Waals surface area (Å²) in [5, 5.41) is 134.